The molecule has 2 aromatic rings. The zero-order valence-corrected chi connectivity index (χ0v) is 21.0. The van der Waals surface area contributed by atoms with Crippen molar-refractivity contribution in [1.82, 2.24) is 14.5 Å². The summed E-state index contributed by atoms with van der Waals surface area (Å²) in [5.74, 6) is 2.20. The Kier molecular flexibility index (Phi) is 7.35. The van der Waals surface area contributed by atoms with Crippen LogP contribution in [-0.4, -0.2) is 91.2 Å². The van der Waals surface area contributed by atoms with Gasteiger partial charge in [-0.2, -0.15) is 0 Å². The first-order valence-corrected chi connectivity index (χ1v) is 13.9. The van der Waals surface area contributed by atoms with E-state index in [4.69, 9.17) is 30.9 Å². The van der Waals surface area contributed by atoms with E-state index in [0.29, 0.717) is 0 Å². The van der Waals surface area contributed by atoms with Crippen LogP contribution in [-0.2, 0) is 36.7 Å². The second kappa shape index (κ2) is 10.2. The maximum atomic E-state index is 12.3. The minimum Gasteiger partial charge on any atom is -0.756 e. The quantitative estimate of drug-likeness (QED) is 0.134. The smallest absolute Gasteiger partial charge is 0.478 e. The molecule has 0 saturated carbocycles. The van der Waals surface area contributed by atoms with Gasteiger partial charge in [0.1, 0.15) is 49.6 Å². The molecule has 2 fully saturated rings. The summed E-state index contributed by atoms with van der Waals surface area (Å²) in [7, 11) is -10.8. The number of imidazole rings is 1. The number of anilines is 1. The van der Waals surface area contributed by atoms with Gasteiger partial charge < -0.3 is 49.6 Å². The number of aliphatic hydroxyl groups excluding tert-OH is 3. The molecule has 0 aromatic carbocycles. The molecule has 4 aliphatic rings. The van der Waals surface area contributed by atoms with Gasteiger partial charge in [0, 0.05) is 0 Å². The number of phosphoric ester groups is 2. The van der Waals surface area contributed by atoms with Crippen molar-refractivity contribution in [3.63, 3.8) is 0 Å². The Bertz CT molecular complexity index is 1350. The van der Waals surface area contributed by atoms with Crippen LogP contribution in [0.2, 0.25) is 0 Å². The monoisotopic (exact) mass is 579 g/mol. The fourth-order valence-corrected chi connectivity index (χ4v) is 6.41. The average Bonchev–Trinajstić information content (AvgIpc) is 3.49. The standard InChI is InChI=1S/C18H23N5O13P2/c1-2-3-31-14-12(25)9-5-33-38(29,30)36-37(27,28)32-4-8-11(24)13(26)17(34-8)22-7-21-16-10(15(22)19)20-6-23(16)18(14)35-9/h1,6-9,11-14,17-19,24-26H,3-5H2,(H2,27,28,29,30)/t8-,9-,11-,12-,13-,14-,17-,18-/m1/s1. The Morgan fingerprint density at radius 2 is 1.89 bits per heavy atom. The van der Waals surface area contributed by atoms with E-state index < -0.39 is 77.9 Å². The van der Waals surface area contributed by atoms with Crippen molar-refractivity contribution in [2.75, 3.05) is 25.6 Å². The topological polar surface area (TPSA) is 254 Å². The first-order chi connectivity index (χ1) is 17.9. The van der Waals surface area contributed by atoms with Gasteiger partial charge in [-0.25, -0.2) is 18.4 Å². The lowest BCUT2D eigenvalue weighted by Crippen LogP contribution is -2.48. The molecule has 4 aliphatic heterocycles. The predicted molar refractivity (Wildman–Crippen MR) is 117 cm³/mol. The second-order valence-corrected chi connectivity index (χ2v) is 11.5. The zero-order chi connectivity index (χ0) is 27.4. The molecule has 2 aromatic heterocycles. The number of terminal acetylenes is 1. The summed E-state index contributed by atoms with van der Waals surface area (Å²) in [6.07, 6.45) is -3.40. The molecular formula is C18H23N5O13P2. The van der Waals surface area contributed by atoms with Gasteiger partial charge in [0.15, 0.2) is 11.7 Å². The molecule has 38 heavy (non-hydrogen) atoms. The minimum atomic E-state index is -5.51. The van der Waals surface area contributed by atoms with E-state index in [0.717, 1.165) is 0 Å². The van der Waals surface area contributed by atoms with Gasteiger partial charge in [0.05, 0.1) is 13.2 Å². The number of hydrogen-bond acceptors (Lipinski definition) is 15. The summed E-state index contributed by atoms with van der Waals surface area (Å²) in [5, 5.41) is 31.7. The molecule has 6 N–H and O–H groups in total. The van der Waals surface area contributed by atoms with Crippen molar-refractivity contribution in [1.29, 1.82) is 0 Å². The van der Waals surface area contributed by atoms with E-state index in [-0.39, 0.29) is 23.6 Å². The number of phosphoric acid groups is 2. The van der Waals surface area contributed by atoms with E-state index in [1.54, 1.807) is 0 Å². The number of rotatable bonds is 2. The number of fused-ring (bicyclic) bond motifs is 7. The van der Waals surface area contributed by atoms with Gasteiger partial charge in [-0.1, -0.05) is 10.9 Å². The second-order valence-electron chi connectivity index (χ2n) is 8.53. The maximum absolute atomic E-state index is 12.3. The third-order valence-electron chi connectivity index (χ3n) is 6.15. The largest absolute Gasteiger partial charge is 0.756 e. The number of nitrogens with zero attached hydrogens (tertiary/aromatic N) is 4. The first kappa shape index (κ1) is 27.5. The lowest BCUT2D eigenvalue weighted by molar-refractivity contribution is -0.755. The maximum Gasteiger partial charge on any atom is 0.478 e. The average molecular weight is 579 g/mol. The summed E-state index contributed by atoms with van der Waals surface area (Å²) >= 11 is 0. The van der Waals surface area contributed by atoms with E-state index in [1.807, 2.05) is 0 Å². The van der Waals surface area contributed by atoms with E-state index >= 15 is 0 Å². The minimum absolute atomic E-state index is 0.0498. The fraction of sp³-hybridized carbons (Fsp3) is 0.611. The van der Waals surface area contributed by atoms with Crippen LogP contribution in [0.25, 0.3) is 11.2 Å². The molecule has 0 aliphatic carbocycles. The van der Waals surface area contributed by atoms with Gasteiger partial charge in [-0.05, 0) is 0 Å². The summed E-state index contributed by atoms with van der Waals surface area (Å²) in [6.45, 7) is -1.96. The Labute approximate surface area is 213 Å². The highest BCUT2D eigenvalue weighted by atomic mass is 31.3. The third-order valence-corrected chi connectivity index (χ3v) is 8.72. The van der Waals surface area contributed by atoms with Crippen LogP contribution in [0.5, 0.6) is 0 Å². The predicted octanol–water partition coefficient (Wildman–Crippen LogP) is -3.17. The first-order valence-electron chi connectivity index (χ1n) is 11.0. The highest BCUT2D eigenvalue weighted by Gasteiger charge is 2.50. The van der Waals surface area contributed by atoms with Crippen molar-refractivity contribution < 1.29 is 66.4 Å². The van der Waals surface area contributed by atoms with Crippen LogP contribution in [0.4, 0.5) is 5.82 Å². The lowest BCUT2D eigenvalue weighted by atomic mass is 10.1. The lowest BCUT2D eigenvalue weighted by Gasteiger charge is -2.26. The highest BCUT2D eigenvalue weighted by molar-refractivity contribution is 7.60. The molecule has 208 valence electrons. The molecule has 10 atom stereocenters. The van der Waals surface area contributed by atoms with Gasteiger partial charge in [-0.15, -0.1) is 6.42 Å². The number of nitrogens with two attached hydrogens (primary N) is 1. The molecule has 18 nitrogen and oxygen atoms in total. The van der Waals surface area contributed by atoms with Gasteiger partial charge in [0.2, 0.25) is 18.2 Å². The van der Waals surface area contributed by atoms with Crippen molar-refractivity contribution in [3.05, 3.63) is 12.7 Å². The number of nitrogen functional groups attached to an aromatic ring is 1. The van der Waals surface area contributed by atoms with Crippen LogP contribution in [0.3, 0.4) is 0 Å². The summed E-state index contributed by atoms with van der Waals surface area (Å²) in [6, 6.07) is 0. The van der Waals surface area contributed by atoms with Crippen molar-refractivity contribution in [2.45, 2.75) is 49.1 Å². The van der Waals surface area contributed by atoms with E-state index in [1.165, 1.54) is 21.8 Å². The van der Waals surface area contributed by atoms with Crippen LogP contribution in [0, 0.1) is 12.3 Å². The van der Waals surface area contributed by atoms with Crippen LogP contribution in [0.15, 0.2) is 12.7 Å². The van der Waals surface area contributed by atoms with Crippen molar-refractivity contribution in [2.24, 2.45) is 0 Å². The van der Waals surface area contributed by atoms with Crippen LogP contribution < -0.4 is 15.2 Å². The molecule has 0 spiro atoms. The number of hydrogen-bond donors (Lipinski definition) is 5. The fourth-order valence-electron chi connectivity index (χ4n) is 4.36. The number of aromatic nitrogens is 4. The van der Waals surface area contributed by atoms with Gasteiger partial charge in [-0.3, -0.25) is 13.7 Å². The van der Waals surface area contributed by atoms with Crippen molar-refractivity contribution in [3.8, 4) is 12.3 Å². The highest BCUT2D eigenvalue weighted by Crippen LogP contribution is 2.58. The number of aliphatic hydroxyl groups is 3. The van der Waals surface area contributed by atoms with Crippen LogP contribution in [0.1, 0.15) is 12.5 Å². The molecule has 20 heteroatoms. The van der Waals surface area contributed by atoms with E-state index in [9.17, 15) is 34.2 Å². The Hall–Kier alpha value is -2.07. The molecule has 0 amide bonds. The Morgan fingerprint density at radius 1 is 1.18 bits per heavy atom. The molecule has 2 unspecified atom stereocenters. The van der Waals surface area contributed by atoms with Crippen LogP contribution >= 0.6 is 15.6 Å². The number of ether oxygens (including phenoxy) is 3. The van der Waals surface area contributed by atoms with Gasteiger partial charge >= 0.3 is 7.82 Å². The summed E-state index contributed by atoms with van der Waals surface area (Å²) in [5.41, 5.74) is 6.54. The zero-order valence-electron chi connectivity index (χ0n) is 19.2. The molecule has 0 radical (unpaired) electrons. The summed E-state index contributed by atoms with van der Waals surface area (Å²) in [4.78, 5) is 30.6. The Balaban J connectivity index is 1.58. The summed E-state index contributed by atoms with van der Waals surface area (Å²) < 4.78 is 57.4. The SMILES string of the molecule is C#CCO[C@@H]1[C@H](O)[C@H]2COP(=O)(O)OP(=O)([O-])OC[C@H]3O[C@H]([C@H](O)[C@@H]3O)[n+]3cnc4c(ncn4[C@@H]1O2)c3N. The third kappa shape index (κ3) is 4.98. The molecule has 6 heterocycles. The normalized spacial score (nSPS) is 41.8. The molecule has 6 rings (SSSR count). The molecule has 2 saturated heterocycles. The Morgan fingerprint density at radius 3 is 2.63 bits per heavy atom. The molecule has 8 bridgehead atoms. The van der Waals surface area contributed by atoms with Gasteiger partial charge in [0.25, 0.3) is 13.6 Å². The molecular weight excluding hydrogens is 556 g/mol. The van der Waals surface area contributed by atoms with E-state index in [2.05, 4.69) is 24.7 Å². The van der Waals surface area contributed by atoms with Crippen molar-refractivity contribution >= 4 is 32.6 Å².